The van der Waals surface area contributed by atoms with Crippen LogP contribution in [0.5, 0.6) is 0 Å². The zero-order chi connectivity index (χ0) is 15.1. The number of rotatable bonds is 13. The van der Waals surface area contributed by atoms with Gasteiger partial charge in [-0.1, -0.05) is 12.8 Å². The van der Waals surface area contributed by atoms with Gasteiger partial charge in [0.25, 0.3) is 0 Å². The van der Waals surface area contributed by atoms with Gasteiger partial charge in [0, 0.05) is 39.1 Å². The highest BCUT2D eigenvalue weighted by Crippen LogP contribution is 2.05. The quantitative estimate of drug-likeness (QED) is 0.367. The molecule has 0 saturated carbocycles. The Kier molecular flexibility index (Phi) is 13.5. The van der Waals surface area contributed by atoms with E-state index in [-0.39, 0.29) is 25.0 Å². The minimum Gasteiger partial charge on any atom is -0.396 e. The fourth-order valence-corrected chi connectivity index (χ4v) is 1.72. The summed E-state index contributed by atoms with van der Waals surface area (Å²) in [6.07, 6.45) is 5.75. The summed E-state index contributed by atoms with van der Waals surface area (Å²) in [6, 6.07) is 0. The van der Waals surface area contributed by atoms with Crippen LogP contribution >= 0.6 is 0 Å². The van der Waals surface area contributed by atoms with Gasteiger partial charge in [-0.15, -0.1) is 0 Å². The molecule has 2 amide bonds. The smallest absolute Gasteiger partial charge is 0.219 e. The summed E-state index contributed by atoms with van der Waals surface area (Å²) in [5.74, 6) is 0.0559. The topological polar surface area (TPSA) is 98.7 Å². The van der Waals surface area contributed by atoms with Crippen molar-refractivity contribution in [3.05, 3.63) is 0 Å². The maximum absolute atomic E-state index is 11.3. The molecule has 0 atom stereocenters. The number of carbonyl (C=O) groups excluding carboxylic acids is 2. The fourth-order valence-electron chi connectivity index (χ4n) is 1.72. The first-order valence-electron chi connectivity index (χ1n) is 7.45. The summed E-state index contributed by atoms with van der Waals surface area (Å²) in [5, 5.41) is 22.6. The normalized spacial score (nSPS) is 10.3. The van der Waals surface area contributed by atoms with Gasteiger partial charge in [-0.05, 0) is 25.7 Å². The third-order valence-corrected chi connectivity index (χ3v) is 2.87. The third-order valence-electron chi connectivity index (χ3n) is 2.87. The third kappa shape index (κ3) is 13.3. The minimum atomic E-state index is 0.0280. The molecule has 0 aliphatic rings. The summed E-state index contributed by atoms with van der Waals surface area (Å²) >= 11 is 0. The first-order valence-corrected chi connectivity index (χ1v) is 7.45. The lowest BCUT2D eigenvalue weighted by atomic mass is 10.1. The van der Waals surface area contributed by atoms with Crippen molar-refractivity contribution in [3.8, 4) is 0 Å². The molecule has 0 unspecified atom stereocenters. The molecule has 118 valence electrons. The first kappa shape index (κ1) is 18.9. The van der Waals surface area contributed by atoms with Crippen LogP contribution in [-0.4, -0.2) is 48.3 Å². The van der Waals surface area contributed by atoms with Gasteiger partial charge in [0.2, 0.25) is 11.8 Å². The van der Waals surface area contributed by atoms with Crippen molar-refractivity contribution in [2.45, 2.75) is 51.4 Å². The molecular formula is C14H28N2O4. The average molecular weight is 288 g/mol. The molecule has 4 N–H and O–H groups in total. The van der Waals surface area contributed by atoms with Gasteiger partial charge in [-0.25, -0.2) is 0 Å². The number of nitrogens with one attached hydrogen (secondary N) is 2. The van der Waals surface area contributed by atoms with E-state index in [0.717, 1.165) is 25.7 Å². The van der Waals surface area contributed by atoms with Gasteiger partial charge in [0.05, 0.1) is 0 Å². The average Bonchev–Trinajstić information content (AvgIpc) is 2.43. The summed E-state index contributed by atoms with van der Waals surface area (Å²) < 4.78 is 0. The lowest BCUT2D eigenvalue weighted by Gasteiger charge is -2.05. The predicted octanol–water partition coefficient (Wildman–Crippen LogP) is 0.324. The van der Waals surface area contributed by atoms with Crippen LogP contribution in [0.4, 0.5) is 0 Å². The van der Waals surface area contributed by atoms with Crippen LogP contribution in [0.1, 0.15) is 51.4 Å². The second-order valence-corrected chi connectivity index (χ2v) is 4.77. The molecule has 0 rings (SSSR count). The molecule has 0 fully saturated rings. The number of aliphatic hydroxyl groups is 2. The Morgan fingerprint density at radius 1 is 0.650 bits per heavy atom. The Hall–Kier alpha value is -1.14. The lowest BCUT2D eigenvalue weighted by Crippen LogP contribution is -2.24. The summed E-state index contributed by atoms with van der Waals surface area (Å²) in [7, 11) is 0. The van der Waals surface area contributed by atoms with E-state index in [9.17, 15) is 9.59 Å². The van der Waals surface area contributed by atoms with Crippen molar-refractivity contribution < 1.29 is 19.8 Å². The van der Waals surface area contributed by atoms with Crippen molar-refractivity contribution in [1.29, 1.82) is 0 Å². The number of carbonyl (C=O) groups is 2. The number of hydrogen-bond donors (Lipinski definition) is 4. The van der Waals surface area contributed by atoms with E-state index >= 15 is 0 Å². The minimum absolute atomic E-state index is 0.0280. The monoisotopic (exact) mass is 288 g/mol. The van der Waals surface area contributed by atoms with Gasteiger partial charge in [0.1, 0.15) is 0 Å². The van der Waals surface area contributed by atoms with Crippen molar-refractivity contribution in [2.24, 2.45) is 0 Å². The number of unbranched alkanes of at least 4 members (excludes halogenated alkanes) is 3. The van der Waals surface area contributed by atoms with Crippen LogP contribution in [-0.2, 0) is 9.59 Å². The highest BCUT2D eigenvalue weighted by atomic mass is 16.3. The Bertz CT molecular complexity index is 234. The maximum atomic E-state index is 11.3. The molecule has 0 radical (unpaired) electrons. The Labute approximate surface area is 120 Å². The van der Waals surface area contributed by atoms with Crippen LogP contribution in [0.15, 0.2) is 0 Å². The Morgan fingerprint density at radius 3 is 1.40 bits per heavy atom. The van der Waals surface area contributed by atoms with Gasteiger partial charge in [-0.3, -0.25) is 9.59 Å². The molecule has 6 nitrogen and oxygen atoms in total. The van der Waals surface area contributed by atoms with E-state index in [0.29, 0.717) is 38.8 Å². The van der Waals surface area contributed by atoms with Crippen LogP contribution < -0.4 is 10.6 Å². The molecule has 0 saturated heterocycles. The van der Waals surface area contributed by atoms with E-state index in [1.165, 1.54) is 0 Å². The van der Waals surface area contributed by atoms with Crippen molar-refractivity contribution in [2.75, 3.05) is 26.3 Å². The van der Waals surface area contributed by atoms with Gasteiger partial charge in [0.15, 0.2) is 0 Å². The molecule has 0 heterocycles. The molecule has 0 spiro atoms. The Morgan fingerprint density at radius 2 is 1.05 bits per heavy atom. The molecule has 0 aromatic heterocycles. The lowest BCUT2D eigenvalue weighted by molar-refractivity contribution is -0.122. The van der Waals surface area contributed by atoms with E-state index in [1.54, 1.807) is 0 Å². The van der Waals surface area contributed by atoms with Crippen LogP contribution in [0.3, 0.4) is 0 Å². The van der Waals surface area contributed by atoms with Gasteiger partial charge < -0.3 is 20.8 Å². The zero-order valence-electron chi connectivity index (χ0n) is 12.2. The van der Waals surface area contributed by atoms with E-state index < -0.39 is 0 Å². The van der Waals surface area contributed by atoms with E-state index in [2.05, 4.69) is 10.6 Å². The van der Waals surface area contributed by atoms with E-state index in [1.807, 2.05) is 0 Å². The number of hydrogen-bond acceptors (Lipinski definition) is 4. The molecule has 20 heavy (non-hydrogen) atoms. The van der Waals surface area contributed by atoms with Crippen LogP contribution in [0, 0.1) is 0 Å². The summed E-state index contributed by atoms with van der Waals surface area (Å²) in [6.45, 7) is 1.26. The highest BCUT2D eigenvalue weighted by Gasteiger charge is 2.02. The van der Waals surface area contributed by atoms with E-state index in [4.69, 9.17) is 10.2 Å². The Balaban J connectivity index is 3.27. The van der Waals surface area contributed by atoms with Crippen molar-refractivity contribution >= 4 is 11.8 Å². The standard InChI is InChI=1S/C14H28N2O4/c17-11-5-9-15-13(19)7-3-1-2-4-8-14(20)16-10-6-12-18/h17-18H,1-12H2,(H,15,19)(H,16,20). The van der Waals surface area contributed by atoms with Crippen molar-refractivity contribution in [3.63, 3.8) is 0 Å². The zero-order valence-corrected chi connectivity index (χ0v) is 12.2. The molecule has 0 bridgehead atoms. The molecule has 6 heteroatoms. The molecular weight excluding hydrogens is 260 g/mol. The highest BCUT2D eigenvalue weighted by molar-refractivity contribution is 5.76. The largest absolute Gasteiger partial charge is 0.396 e. The summed E-state index contributed by atoms with van der Waals surface area (Å²) in [5.41, 5.74) is 0. The predicted molar refractivity (Wildman–Crippen MR) is 77.1 cm³/mol. The van der Waals surface area contributed by atoms with Gasteiger partial charge in [-0.2, -0.15) is 0 Å². The molecule has 0 aromatic rings. The second kappa shape index (κ2) is 14.3. The van der Waals surface area contributed by atoms with Crippen molar-refractivity contribution in [1.82, 2.24) is 10.6 Å². The number of amides is 2. The second-order valence-electron chi connectivity index (χ2n) is 4.77. The molecule has 0 aliphatic carbocycles. The van der Waals surface area contributed by atoms with Gasteiger partial charge >= 0.3 is 0 Å². The molecule has 0 aliphatic heterocycles. The maximum Gasteiger partial charge on any atom is 0.219 e. The molecule has 0 aromatic carbocycles. The first-order chi connectivity index (χ1) is 9.70. The number of aliphatic hydroxyl groups excluding tert-OH is 2. The summed E-state index contributed by atoms with van der Waals surface area (Å²) in [4.78, 5) is 22.7. The SMILES string of the molecule is O=C(CCCCCCC(=O)NCCCO)NCCCO. The fraction of sp³-hybridized carbons (Fsp3) is 0.857. The van der Waals surface area contributed by atoms with Crippen LogP contribution in [0.2, 0.25) is 0 Å². The van der Waals surface area contributed by atoms with Crippen LogP contribution in [0.25, 0.3) is 0 Å².